The van der Waals surface area contributed by atoms with E-state index in [1.807, 2.05) is 25.1 Å². The molecule has 3 rings (SSSR count). The number of hydrogen-bond donors (Lipinski definition) is 1. The number of pyridine rings is 1. The molecule has 0 spiro atoms. The van der Waals surface area contributed by atoms with Crippen LogP contribution in [-0.4, -0.2) is 42.7 Å². The Bertz CT molecular complexity index is 867. The lowest BCUT2D eigenvalue weighted by molar-refractivity contribution is 0.0954. The van der Waals surface area contributed by atoms with E-state index in [0.29, 0.717) is 25.1 Å². The summed E-state index contributed by atoms with van der Waals surface area (Å²) in [5, 5.41) is 2.84. The molecule has 0 saturated carbocycles. The minimum absolute atomic E-state index is 0.0123. The van der Waals surface area contributed by atoms with Crippen molar-refractivity contribution in [3.05, 3.63) is 59.9 Å². The molecule has 1 aliphatic rings. The van der Waals surface area contributed by atoms with E-state index >= 15 is 0 Å². The molecule has 1 aliphatic heterocycles. The van der Waals surface area contributed by atoms with E-state index in [0.717, 1.165) is 25.0 Å². The molecular weight excluding hydrogens is 362 g/mol. The van der Waals surface area contributed by atoms with Gasteiger partial charge < -0.3 is 5.32 Å². The van der Waals surface area contributed by atoms with Gasteiger partial charge in [-0.05, 0) is 56.2 Å². The highest BCUT2D eigenvalue weighted by molar-refractivity contribution is 7.89. The number of sulfonamides is 1. The summed E-state index contributed by atoms with van der Waals surface area (Å²) >= 11 is 0. The van der Waals surface area contributed by atoms with Crippen LogP contribution in [0.25, 0.3) is 0 Å². The normalized spacial score (nSPS) is 18.2. The van der Waals surface area contributed by atoms with Crippen LogP contribution in [0.5, 0.6) is 0 Å². The molecule has 1 unspecified atom stereocenters. The molecule has 1 fully saturated rings. The van der Waals surface area contributed by atoms with Crippen LogP contribution in [0.2, 0.25) is 0 Å². The summed E-state index contributed by atoms with van der Waals surface area (Å²) in [6.07, 6.45) is 5.20. The summed E-state index contributed by atoms with van der Waals surface area (Å²) in [5.74, 6) is -0.221. The van der Waals surface area contributed by atoms with Crippen molar-refractivity contribution in [2.24, 2.45) is 0 Å². The monoisotopic (exact) mass is 387 g/mol. The zero-order chi connectivity index (χ0) is 19.3. The van der Waals surface area contributed by atoms with Gasteiger partial charge in [-0.25, -0.2) is 8.42 Å². The van der Waals surface area contributed by atoms with Crippen molar-refractivity contribution in [2.75, 3.05) is 13.1 Å². The third-order valence-electron chi connectivity index (χ3n) is 4.86. The summed E-state index contributed by atoms with van der Waals surface area (Å²) in [4.78, 5) is 16.7. The Hall–Kier alpha value is -2.25. The Morgan fingerprint density at radius 2 is 1.96 bits per heavy atom. The van der Waals surface area contributed by atoms with E-state index in [1.54, 1.807) is 22.6 Å². The summed E-state index contributed by atoms with van der Waals surface area (Å²) in [6.45, 7) is 2.97. The topological polar surface area (TPSA) is 79.4 Å². The highest BCUT2D eigenvalue weighted by Crippen LogP contribution is 2.25. The van der Waals surface area contributed by atoms with Gasteiger partial charge in [-0.2, -0.15) is 4.31 Å². The average Bonchev–Trinajstić information content (AvgIpc) is 2.69. The molecule has 1 aromatic heterocycles. The first-order valence-electron chi connectivity index (χ1n) is 9.28. The summed E-state index contributed by atoms with van der Waals surface area (Å²) in [7, 11) is -3.51. The fourth-order valence-electron chi connectivity index (χ4n) is 3.29. The van der Waals surface area contributed by atoms with Crippen molar-refractivity contribution in [3.8, 4) is 0 Å². The highest BCUT2D eigenvalue weighted by Gasteiger charge is 2.30. The van der Waals surface area contributed by atoms with Crippen LogP contribution in [0.1, 0.15) is 42.2 Å². The Balaban J connectivity index is 1.61. The Labute approximate surface area is 160 Å². The maximum Gasteiger partial charge on any atom is 0.251 e. The largest absolute Gasteiger partial charge is 0.352 e. The maximum atomic E-state index is 12.8. The lowest BCUT2D eigenvalue weighted by Gasteiger charge is -2.32. The van der Waals surface area contributed by atoms with Crippen LogP contribution >= 0.6 is 0 Å². The smallest absolute Gasteiger partial charge is 0.251 e. The summed E-state index contributed by atoms with van der Waals surface area (Å²) < 4.78 is 27.2. The lowest BCUT2D eigenvalue weighted by Crippen LogP contribution is -2.41. The number of rotatable bonds is 6. The van der Waals surface area contributed by atoms with Gasteiger partial charge in [-0.1, -0.05) is 12.5 Å². The molecule has 0 radical (unpaired) electrons. The van der Waals surface area contributed by atoms with Crippen LogP contribution in [0.3, 0.4) is 0 Å². The number of nitrogens with zero attached hydrogens (tertiary/aromatic N) is 2. The number of carbonyl (C=O) groups is 1. The second-order valence-electron chi connectivity index (χ2n) is 6.81. The van der Waals surface area contributed by atoms with E-state index in [1.165, 1.54) is 12.1 Å². The van der Waals surface area contributed by atoms with Crippen LogP contribution in [0.15, 0.2) is 53.6 Å². The van der Waals surface area contributed by atoms with Gasteiger partial charge in [0, 0.05) is 43.0 Å². The van der Waals surface area contributed by atoms with E-state index in [2.05, 4.69) is 10.3 Å². The molecule has 2 heterocycles. The van der Waals surface area contributed by atoms with Gasteiger partial charge >= 0.3 is 0 Å². The number of amides is 1. The molecule has 27 heavy (non-hydrogen) atoms. The molecule has 1 aromatic carbocycles. The van der Waals surface area contributed by atoms with E-state index in [9.17, 15) is 13.2 Å². The number of benzene rings is 1. The number of hydrogen-bond acceptors (Lipinski definition) is 4. The van der Waals surface area contributed by atoms with Crippen molar-refractivity contribution in [3.63, 3.8) is 0 Å². The van der Waals surface area contributed by atoms with Gasteiger partial charge in [0.25, 0.3) is 5.91 Å². The van der Waals surface area contributed by atoms with E-state index < -0.39 is 10.0 Å². The first-order valence-corrected chi connectivity index (χ1v) is 10.7. The quantitative estimate of drug-likeness (QED) is 0.826. The van der Waals surface area contributed by atoms with Gasteiger partial charge in [0.1, 0.15) is 0 Å². The third kappa shape index (κ3) is 4.73. The van der Waals surface area contributed by atoms with Crippen molar-refractivity contribution in [1.82, 2.24) is 14.6 Å². The predicted octanol–water partition coefficient (Wildman–Crippen LogP) is 2.62. The number of piperidine rings is 1. The zero-order valence-electron chi connectivity index (χ0n) is 15.5. The van der Waals surface area contributed by atoms with Gasteiger partial charge in [0.2, 0.25) is 10.0 Å². The van der Waals surface area contributed by atoms with Gasteiger partial charge in [-0.3, -0.25) is 9.78 Å². The average molecular weight is 388 g/mol. The van der Waals surface area contributed by atoms with Crippen LogP contribution in [-0.2, 0) is 16.4 Å². The number of carbonyl (C=O) groups excluding carboxylic acids is 1. The molecule has 1 amide bonds. The van der Waals surface area contributed by atoms with Crippen molar-refractivity contribution in [2.45, 2.75) is 43.5 Å². The molecule has 1 saturated heterocycles. The molecule has 1 N–H and O–H groups in total. The zero-order valence-corrected chi connectivity index (χ0v) is 16.3. The second kappa shape index (κ2) is 8.63. The molecule has 6 nitrogen and oxygen atoms in total. The fraction of sp³-hybridized carbons (Fsp3) is 0.400. The maximum absolute atomic E-state index is 12.8. The van der Waals surface area contributed by atoms with Crippen LogP contribution in [0.4, 0.5) is 0 Å². The summed E-state index contributed by atoms with van der Waals surface area (Å²) in [5.41, 5.74) is 1.36. The van der Waals surface area contributed by atoms with Gasteiger partial charge in [-0.15, -0.1) is 0 Å². The van der Waals surface area contributed by atoms with Gasteiger partial charge in [0.15, 0.2) is 0 Å². The molecule has 2 aromatic rings. The van der Waals surface area contributed by atoms with E-state index in [-0.39, 0.29) is 16.8 Å². The summed E-state index contributed by atoms with van der Waals surface area (Å²) in [6, 6.07) is 11.9. The van der Waals surface area contributed by atoms with Crippen LogP contribution in [0, 0.1) is 0 Å². The van der Waals surface area contributed by atoms with E-state index in [4.69, 9.17) is 0 Å². The molecule has 0 aliphatic carbocycles. The Kier molecular flexibility index (Phi) is 6.23. The third-order valence-corrected chi connectivity index (χ3v) is 6.89. The number of nitrogens with one attached hydrogen (secondary N) is 1. The Morgan fingerprint density at radius 1 is 1.19 bits per heavy atom. The Morgan fingerprint density at radius 3 is 2.63 bits per heavy atom. The first kappa shape index (κ1) is 19.5. The molecule has 1 atom stereocenters. The fourth-order valence-corrected chi connectivity index (χ4v) is 4.99. The first-order chi connectivity index (χ1) is 13.0. The van der Waals surface area contributed by atoms with Crippen molar-refractivity contribution >= 4 is 15.9 Å². The molecule has 0 bridgehead atoms. The molecule has 144 valence electrons. The second-order valence-corrected chi connectivity index (χ2v) is 8.70. The minimum Gasteiger partial charge on any atom is -0.352 e. The van der Waals surface area contributed by atoms with Crippen molar-refractivity contribution < 1.29 is 13.2 Å². The molecule has 7 heteroatoms. The molecular formula is C20H25N3O3S. The standard InChI is InChI=1S/C20H25N3O3S/c1-16-6-3-5-15-23(16)27(25,26)19-10-8-17(9-11-19)20(24)22-14-12-18-7-2-4-13-21-18/h2,4,7-11,13,16H,3,5-6,12,14-15H2,1H3,(H,22,24). The van der Waals surface area contributed by atoms with Gasteiger partial charge in [0.05, 0.1) is 4.90 Å². The number of aromatic nitrogens is 1. The minimum atomic E-state index is -3.51. The van der Waals surface area contributed by atoms with Crippen molar-refractivity contribution in [1.29, 1.82) is 0 Å². The lowest BCUT2D eigenvalue weighted by atomic mass is 10.1. The SMILES string of the molecule is CC1CCCCN1S(=O)(=O)c1ccc(C(=O)NCCc2ccccn2)cc1. The predicted molar refractivity (Wildman–Crippen MR) is 104 cm³/mol. The highest BCUT2D eigenvalue weighted by atomic mass is 32.2. The van der Waals surface area contributed by atoms with Crippen LogP contribution < -0.4 is 5.32 Å².